The standard InChI is InChI=1S/C14H15FN4/c15-12-10-11(14-17-4-1-5-18-14)2-3-13(12)19-8-6-16-7-9-19/h1-5,10,16H,6-9H2. The Labute approximate surface area is 111 Å². The first-order chi connectivity index (χ1) is 9.34. The zero-order valence-corrected chi connectivity index (χ0v) is 10.5. The van der Waals surface area contributed by atoms with Gasteiger partial charge in [0.05, 0.1) is 5.69 Å². The van der Waals surface area contributed by atoms with Gasteiger partial charge in [-0.3, -0.25) is 0 Å². The summed E-state index contributed by atoms with van der Waals surface area (Å²) < 4.78 is 14.2. The highest BCUT2D eigenvalue weighted by atomic mass is 19.1. The molecule has 0 radical (unpaired) electrons. The van der Waals surface area contributed by atoms with Crippen molar-refractivity contribution in [3.05, 3.63) is 42.5 Å². The minimum Gasteiger partial charge on any atom is -0.367 e. The van der Waals surface area contributed by atoms with E-state index in [1.165, 1.54) is 6.07 Å². The van der Waals surface area contributed by atoms with Gasteiger partial charge in [-0.15, -0.1) is 0 Å². The summed E-state index contributed by atoms with van der Waals surface area (Å²) in [6, 6.07) is 6.93. The SMILES string of the molecule is Fc1cc(-c2ncccn2)ccc1N1CCNCC1. The summed E-state index contributed by atoms with van der Waals surface area (Å²) in [5, 5.41) is 3.26. The van der Waals surface area contributed by atoms with E-state index in [0.717, 1.165) is 26.2 Å². The molecule has 0 saturated carbocycles. The molecule has 0 amide bonds. The van der Waals surface area contributed by atoms with Crippen LogP contribution in [0.4, 0.5) is 10.1 Å². The van der Waals surface area contributed by atoms with Gasteiger partial charge in [-0.05, 0) is 24.3 Å². The van der Waals surface area contributed by atoms with Crippen molar-refractivity contribution < 1.29 is 4.39 Å². The van der Waals surface area contributed by atoms with E-state index in [1.807, 2.05) is 12.1 Å². The van der Waals surface area contributed by atoms with Crippen molar-refractivity contribution in [3.63, 3.8) is 0 Å². The lowest BCUT2D eigenvalue weighted by Crippen LogP contribution is -2.43. The highest BCUT2D eigenvalue weighted by molar-refractivity contribution is 5.61. The van der Waals surface area contributed by atoms with Crippen LogP contribution in [0.25, 0.3) is 11.4 Å². The molecule has 1 fully saturated rings. The van der Waals surface area contributed by atoms with Crippen molar-refractivity contribution in [1.29, 1.82) is 0 Å². The molecule has 0 unspecified atom stereocenters. The number of aromatic nitrogens is 2. The molecule has 1 aromatic carbocycles. The number of rotatable bonds is 2. The predicted molar refractivity (Wildman–Crippen MR) is 72.5 cm³/mol. The Bertz CT molecular complexity index is 553. The number of hydrogen-bond donors (Lipinski definition) is 1. The molecular formula is C14H15FN4. The number of nitrogens with zero attached hydrogens (tertiary/aromatic N) is 3. The molecule has 1 aliphatic heterocycles. The largest absolute Gasteiger partial charge is 0.367 e. The molecule has 1 aromatic heterocycles. The molecule has 1 saturated heterocycles. The van der Waals surface area contributed by atoms with Crippen LogP contribution >= 0.6 is 0 Å². The van der Waals surface area contributed by atoms with Crippen LogP contribution in [0.5, 0.6) is 0 Å². The Hall–Kier alpha value is -2.01. The smallest absolute Gasteiger partial charge is 0.159 e. The summed E-state index contributed by atoms with van der Waals surface area (Å²) in [5.74, 6) is 0.333. The number of nitrogens with one attached hydrogen (secondary N) is 1. The monoisotopic (exact) mass is 258 g/mol. The summed E-state index contributed by atoms with van der Waals surface area (Å²) in [4.78, 5) is 10.3. The highest BCUT2D eigenvalue weighted by Gasteiger charge is 2.15. The molecule has 2 heterocycles. The number of halogens is 1. The van der Waals surface area contributed by atoms with E-state index >= 15 is 0 Å². The van der Waals surface area contributed by atoms with E-state index in [-0.39, 0.29) is 5.82 Å². The molecule has 4 nitrogen and oxygen atoms in total. The number of hydrogen-bond acceptors (Lipinski definition) is 4. The fourth-order valence-electron chi connectivity index (χ4n) is 2.26. The molecule has 19 heavy (non-hydrogen) atoms. The van der Waals surface area contributed by atoms with Crippen molar-refractivity contribution in [2.45, 2.75) is 0 Å². The van der Waals surface area contributed by atoms with E-state index in [0.29, 0.717) is 17.1 Å². The van der Waals surface area contributed by atoms with Gasteiger partial charge in [0.15, 0.2) is 5.82 Å². The van der Waals surface area contributed by atoms with E-state index in [1.54, 1.807) is 18.5 Å². The third-order valence-electron chi connectivity index (χ3n) is 3.23. The lowest BCUT2D eigenvalue weighted by atomic mass is 10.1. The lowest BCUT2D eigenvalue weighted by Gasteiger charge is -2.29. The maximum absolute atomic E-state index is 14.2. The van der Waals surface area contributed by atoms with Crippen LogP contribution in [0.2, 0.25) is 0 Å². The summed E-state index contributed by atoms with van der Waals surface area (Å²) in [7, 11) is 0. The average Bonchev–Trinajstić information content (AvgIpc) is 2.49. The van der Waals surface area contributed by atoms with Gasteiger partial charge in [-0.25, -0.2) is 14.4 Å². The lowest BCUT2D eigenvalue weighted by molar-refractivity contribution is 0.566. The van der Waals surface area contributed by atoms with Gasteiger partial charge in [0.25, 0.3) is 0 Å². The third kappa shape index (κ3) is 2.56. The second-order valence-electron chi connectivity index (χ2n) is 4.48. The van der Waals surface area contributed by atoms with Crippen LogP contribution in [0.3, 0.4) is 0 Å². The average molecular weight is 258 g/mol. The highest BCUT2D eigenvalue weighted by Crippen LogP contribution is 2.24. The van der Waals surface area contributed by atoms with Gasteiger partial charge < -0.3 is 10.2 Å². The van der Waals surface area contributed by atoms with Crippen molar-refractivity contribution in [1.82, 2.24) is 15.3 Å². The van der Waals surface area contributed by atoms with Crippen molar-refractivity contribution >= 4 is 5.69 Å². The molecule has 1 aliphatic rings. The molecule has 3 rings (SSSR count). The fourth-order valence-corrected chi connectivity index (χ4v) is 2.26. The number of anilines is 1. The fraction of sp³-hybridized carbons (Fsp3) is 0.286. The molecular weight excluding hydrogens is 243 g/mol. The minimum absolute atomic E-state index is 0.216. The molecule has 1 N–H and O–H groups in total. The third-order valence-corrected chi connectivity index (χ3v) is 3.23. The summed E-state index contributed by atoms with van der Waals surface area (Å²) in [6.45, 7) is 3.45. The number of piperazine rings is 1. The van der Waals surface area contributed by atoms with Gasteiger partial charge >= 0.3 is 0 Å². The van der Waals surface area contributed by atoms with Crippen molar-refractivity contribution in [2.24, 2.45) is 0 Å². The van der Waals surface area contributed by atoms with E-state index in [9.17, 15) is 4.39 Å². The van der Waals surface area contributed by atoms with Gasteiger partial charge in [-0.2, -0.15) is 0 Å². The summed E-state index contributed by atoms with van der Waals surface area (Å²) in [5.41, 5.74) is 1.36. The Morgan fingerprint density at radius 3 is 2.53 bits per heavy atom. The van der Waals surface area contributed by atoms with Gasteiger partial charge in [0.1, 0.15) is 5.82 Å². The molecule has 2 aromatic rings. The summed E-state index contributed by atoms with van der Waals surface area (Å²) >= 11 is 0. The second-order valence-corrected chi connectivity index (χ2v) is 4.48. The Morgan fingerprint density at radius 1 is 1.11 bits per heavy atom. The zero-order valence-electron chi connectivity index (χ0n) is 10.5. The Balaban J connectivity index is 1.89. The first-order valence-corrected chi connectivity index (χ1v) is 6.37. The van der Waals surface area contributed by atoms with Crippen LogP contribution in [-0.4, -0.2) is 36.1 Å². The Kier molecular flexibility index (Phi) is 3.37. The number of benzene rings is 1. The molecule has 0 atom stereocenters. The topological polar surface area (TPSA) is 41.1 Å². The first-order valence-electron chi connectivity index (χ1n) is 6.37. The van der Waals surface area contributed by atoms with Crippen LogP contribution in [0.15, 0.2) is 36.7 Å². The predicted octanol–water partition coefficient (Wildman–Crippen LogP) is 1.69. The normalized spacial score (nSPS) is 15.5. The first kappa shape index (κ1) is 12.0. The zero-order chi connectivity index (χ0) is 13.1. The molecule has 0 aliphatic carbocycles. The van der Waals surface area contributed by atoms with E-state index in [2.05, 4.69) is 20.2 Å². The van der Waals surface area contributed by atoms with E-state index < -0.39 is 0 Å². The molecule has 0 bridgehead atoms. The van der Waals surface area contributed by atoms with Gasteiger partial charge in [0.2, 0.25) is 0 Å². The minimum atomic E-state index is -0.216. The molecule has 98 valence electrons. The quantitative estimate of drug-likeness (QED) is 0.890. The van der Waals surface area contributed by atoms with Gasteiger partial charge in [0, 0.05) is 44.1 Å². The summed E-state index contributed by atoms with van der Waals surface area (Å²) in [6.07, 6.45) is 3.31. The Morgan fingerprint density at radius 2 is 1.84 bits per heavy atom. The molecule has 0 spiro atoms. The van der Waals surface area contributed by atoms with Crippen LogP contribution in [0.1, 0.15) is 0 Å². The van der Waals surface area contributed by atoms with Crippen LogP contribution in [-0.2, 0) is 0 Å². The van der Waals surface area contributed by atoms with Crippen molar-refractivity contribution in [2.75, 3.05) is 31.1 Å². The van der Waals surface area contributed by atoms with Crippen molar-refractivity contribution in [3.8, 4) is 11.4 Å². The second kappa shape index (κ2) is 5.32. The van der Waals surface area contributed by atoms with Crippen LogP contribution in [0, 0.1) is 5.82 Å². The maximum Gasteiger partial charge on any atom is 0.159 e. The van der Waals surface area contributed by atoms with E-state index in [4.69, 9.17) is 0 Å². The van der Waals surface area contributed by atoms with Crippen LogP contribution < -0.4 is 10.2 Å². The maximum atomic E-state index is 14.2. The van der Waals surface area contributed by atoms with Gasteiger partial charge in [-0.1, -0.05) is 0 Å². The molecule has 5 heteroatoms.